The lowest BCUT2D eigenvalue weighted by Crippen LogP contribution is -2.30. The molecule has 3 amide bonds. The van der Waals surface area contributed by atoms with Crippen molar-refractivity contribution in [2.24, 2.45) is 0 Å². The molecule has 0 fully saturated rings. The number of rotatable bonds is 12. The van der Waals surface area contributed by atoms with Gasteiger partial charge in [-0.1, -0.05) is 60.7 Å². The second-order valence-corrected chi connectivity index (χ2v) is 12.6. The molecule has 2 heterocycles. The van der Waals surface area contributed by atoms with Crippen LogP contribution in [0.1, 0.15) is 40.1 Å². The lowest BCUT2D eigenvalue weighted by atomic mass is 10.0. The van der Waals surface area contributed by atoms with E-state index in [1.165, 1.54) is 23.1 Å². The lowest BCUT2D eigenvalue weighted by molar-refractivity contribution is -0.115. The number of carbonyl (C=O) groups excluding carboxylic acids is 4. The van der Waals surface area contributed by atoms with Gasteiger partial charge in [0.2, 0.25) is 5.91 Å². The zero-order valence-corrected chi connectivity index (χ0v) is 27.8. The average molecular weight is 677 g/mol. The summed E-state index contributed by atoms with van der Waals surface area (Å²) in [4.78, 5) is 57.5. The maximum Gasteiger partial charge on any atom is 0.341 e. The molecule has 3 N–H and O–H groups in total. The van der Waals surface area contributed by atoms with Crippen molar-refractivity contribution in [3.63, 3.8) is 0 Å². The number of benzene rings is 3. The summed E-state index contributed by atoms with van der Waals surface area (Å²) in [6.45, 7) is 3.70. The molecule has 5 aromatic rings. The molecule has 0 aliphatic rings. The van der Waals surface area contributed by atoms with Gasteiger partial charge in [0.1, 0.15) is 16.3 Å². The number of hydrogen-bond donors (Lipinski definition) is 3. The fourth-order valence-corrected chi connectivity index (χ4v) is 6.46. The molecule has 48 heavy (non-hydrogen) atoms. The molecule has 0 aliphatic carbocycles. The van der Waals surface area contributed by atoms with E-state index in [0.717, 1.165) is 10.5 Å². The van der Waals surface area contributed by atoms with E-state index in [0.29, 0.717) is 32.9 Å². The Morgan fingerprint density at radius 3 is 2.38 bits per heavy atom. The van der Waals surface area contributed by atoms with Gasteiger partial charge in [-0.25, -0.2) is 4.79 Å². The second kappa shape index (κ2) is 16.3. The number of nitrogens with one attached hydrogen (secondary N) is 3. The summed E-state index contributed by atoms with van der Waals surface area (Å²) in [6, 6.07) is 28.6. The molecule has 3 aromatic carbocycles. The number of pyridine rings is 1. The molecular formula is C37H32N4O5S2. The van der Waals surface area contributed by atoms with Gasteiger partial charge in [-0.2, -0.15) is 0 Å². The maximum absolute atomic E-state index is 13.4. The van der Waals surface area contributed by atoms with Gasteiger partial charge >= 0.3 is 5.97 Å². The smallest absolute Gasteiger partial charge is 0.341 e. The van der Waals surface area contributed by atoms with Gasteiger partial charge in [0, 0.05) is 39.5 Å². The molecule has 1 atom stereocenters. The average Bonchev–Trinajstić information content (AvgIpc) is 3.53. The van der Waals surface area contributed by atoms with Crippen LogP contribution in [0.3, 0.4) is 0 Å². The zero-order valence-electron chi connectivity index (χ0n) is 26.1. The van der Waals surface area contributed by atoms with Crippen molar-refractivity contribution in [1.29, 1.82) is 0 Å². The van der Waals surface area contributed by atoms with Gasteiger partial charge in [0.15, 0.2) is 0 Å². The maximum atomic E-state index is 13.4. The number of aromatic nitrogens is 1. The number of esters is 1. The van der Waals surface area contributed by atoms with E-state index >= 15 is 0 Å². The van der Waals surface area contributed by atoms with Crippen LogP contribution in [0.2, 0.25) is 0 Å². The highest BCUT2D eigenvalue weighted by molar-refractivity contribution is 8.00. The topological polar surface area (TPSA) is 126 Å². The molecule has 0 radical (unpaired) electrons. The number of hydrogen-bond acceptors (Lipinski definition) is 8. The molecule has 1 unspecified atom stereocenters. The Balaban J connectivity index is 1.29. The highest BCUT2D eigenvalue weighted by Gasteiger charge is 2.25. The molecule has 2 aromatic heterocycles. The molecule has 0 saturated heterocycles. The standard InChI is InChI=1S/C37H32N4O5S2/c1-3-46-37(45)32-30(26-13-6-4-7-14-26)23-47-36(32)41-33(42)24(2)48-29-18-10-17-28(21-29)39-35(44)31(20-25-12-11-19-38-22-25)40-34(43)27-15-8-5-9-16-27/h4-24H,3H2,1-2H3,(H,39,44)(H,40,43)(H,41,42)/b31-20-. The fourth-order valence-electron chi connectivity index (χ4n) is 4.57. The van der Waals surface area contributed by atoms with Crippen LogP contribution >= 0.6 is 23.1 Å². The van der Waals surface area contributed by atoms with Gasteiger partial charge in [-0.05, 0) is 67.4 Å². The van der Waals surface area contributed by atoms with Crippen molar-refractivity contribution in [3.8, 4) is 11.1 Å². The minimum Gasteiger partial charge on any atom is -0.462 e. The van der Waals surface area contributed by atoms with E-state index < -0.39 is 23.0 Å². The number of anilines is 2. The molecule has 0 bridgehead atoms. The fraction of sp³-hybridized carbons (Fsp3) is 0.108. The molecular weight excluding hydrogens is 645 g/mol. The first kappa shape index (κ1) is 33.8. The van der Waals surface area contributed by atoms with Gasteiger partial charge in [0.25, 0.3) is 11.8 Å². The van der Waals surface area contributed by atoms with E-state index in [1.807, 2.05) is 41.8 Å². The van der Waals surface area contributed by atoms with Crippen LogP contribution in [0, 0.1) is 0 Å². The first-order valence-corrected chi connectivity index (χ1v) is 16.8. The zero-order chi connectivity index (χ0) is 33.9. The van der Waals surface area contributed by atoms with Crippen molar-refractivity contribution in [3.05, 3.63) is 137 Å². The highest BCUT2D eigenvalue weighted by atomic mass is 32.2. The van der Waals surface area contributed by atoms with E-state index in [-0.39, 0.29) is 18.2 Å². The second-order valence-electron chi connectivity index (χ2n) is 10.3. The lowest BCUT2D eigenvalue weighted by Gasteiger charge is -2.14. The van der Waals surface area contributed by atoms with Crippen molar-refractivity contribution in [2.45, 2.75) is 24.0 Å². The van der Waals surface area contributed by atoms with E-state index in [4.69, 9.17) is 4.74 Å². The number of nitrogens with zero attached hydrogens (tertiary/aromatic N) is 1. The molecule has 0 spiro atoms. The molecule has 5 rings (SSSR count). The Bertz CT molecular complexity index is 1930. The predicted octanol–water partition coefficient (Wildman–Crippen LogP) is 7.52. The molecule has 11 heteroatoms. The number of thiophene rings is 1. The third-order valence-corrected chi connectivity index (χ3v) is 8.88. The quantitative estimate of drug-likeness (QED) is 0.0709. The Labute approximate surface area is 286 Å². The summed E-state index contributed by atoms with van der Waals surface area (Å²) in [5, 5.41) is 10.2. The first-order valence-electron chi connectivity index (χ1n) is 15.0. The van der Waals surface area contributed by atoms with Gasteiger partial charge in [-0.3, -0.25) is 19.4 Å². The Hall–Kier alpha value is -5.52. The van der Waals surface area contributed by atoms with Crippen LogP contribution in [-0.4, -0.2) is 40.5 Å². The van der Waals surface area contributed by atoms with Gasteiger partial charge < -0.3 is 20.7 Å². The van der Waals surface area contributed by atoms with Crippen LogP contribution in [0.15, 0.2) is 125 Å². The van der Waals surface area contributed by atoms with Crippen LogP contribution in [0.5, 0.6) is 0 Å². The Morgan fingerprint density at radius 1 is 0.917 bits per heavy atom. The summed E-state index contributed by atoms with van der Waals surface area (Å²) in [7, 11) is 0. The van der Waals surface area contributed by atoms with Crippen LogP contribution in [0.4, 0.5) is 10.7 Å². The van der Waals surface area contributed by atoms with Crippen molar-refractivity contribution in [2.75, 3.05) is 17.2 Å². The summed E-state index contributed by atoms with van der Waals surface area (Å²) in [5.41, 5.74) is 3.39. The normalized spacial score (nSPS) is 11.7. The molecule has 0 aliphatic heterocycles. The number of carbonyl (C=O) groups is 4. The Morgan fingerprint density at radius 2 is 1.67 bits per heavy atom. The highest BCUT2D eigenvalue weighted by Crippen LogP contribution is 2.37. The monoisotopic (exact) mass is 676 g/mol. The molecule has 242 valence electrons. The number of thioether (sulfide) groups is 1. The summed E-state index contributed by atoms with van der Waals surface area (Å²) in [6.07, 6.45) is 4.75. The van der Waals surface area contributed by atoms with E-state index in [2.05, 4.69) is 20.9 Å². The summed E-state index contributed by atoms with van der Waals surface area (Å²) in [5.74, 6) is -1.77. The first-order chi connectivity index (χ1) is 23.3. The van der Waals surface area contributed by atoms with Crippen LogP contribution < -0.4 is 16.0 Å². The van der Waals surface area contributed by atoms with Crippen molar-refractivity contribution in [1.82, 2.24) is 10.3 Å². The third-order valence-electron chi connectivity index (χ3n) is 6.89. The Kier molecular flexibility index (Phi) is 11.5. The predicted molar refractivity (Wildman–Crippen MR) is 191 cm³/mol. The largest absolute Gasteiger partial charge is 0.462 e. The van der Waals surface area contributed by atoms with Crippen LogP contribution in [0.25, 0.3) is 17.2 Å². The number of amides is 3. The minimum absolute atomic E-state index is 0.0332. The van der Waals surface area contributed by atoms with E-state index in [1.54, 1.807) is 93.0 Å². The van der Waals surface area contributed by atoms with Crippen molar-refractivity contribution < 1.29 is 23.9 Å². The molecule has 9 nitrogen and oxygen atoms in total. The summed E-state index contributed by atoms with van der Waals surface area (Å²) < 4.78 is 5.31. The van der Waals surface area contributed by atoms with Crippen LogP contribution in [-0.2, 0) is 14.3 Å². The van der Waals surface area contributed by atoms with Gasteiger partial charge in [-0.15, -0.1) is 23.1 Å². The summed E-state index contributed by atoms with van der Waals surface area (Å²) >= 11 is 2.55. The van der Waals surface area contributed by atoms with E-state index in [9.17, 15) is 19.2 Å². The van der Waals surface area contributed by atoms with Gasteiger partial charge in [0.05, 0.1) is 11.9 Å². The third kappa shape index (κ3) is 8.84. The SMILES string of the molecule is CCOC(=O)c1c(-c2ccccc2)csc1NC(=O)C(C)Sc1cccc(NC(=O)/C(=C/c2cccnc2)NC(=O)c2ccccc2)c1. The minimum atomic E-state index is -0.556. The van der Waals surface area contributed by atoms with Crippen molar-refractivity contribution >= 4 is 63.6 Å². The molecule has 0 saturated carbocycles. The number of ether oxygens (including phenoxy) is 1.